The van der Waals surface area contributed by atoms with Crippen LogP contribution >= 0.6 is 27.5 Å². The topological polar surface area (TPSA) is 52.3 Å². The quantitative estimate of drug-likeness (QED) is 0.868. The van der Waals surface area contributed by atoms with Crippen LogP contribution in [0.15, 0.2) is 16.6 Å². The van der Waals surface area contributed by atoms with Gasteiger partial charge in [0.15, 0.2) is 5.78 Å². The van der Waals surface area contributed by atoms with Gasteiger partial charge in [-0.05, 0) is 34.6 Å². The number of hydrogen-bond acceptors (Lipinski definition) is 3. The van der Waals surface area contributed by atoms with E-state index in [0.29, 0.717) is 33.8 Å². The first kappa shape index (κ1) is 12.5. The fourth-order valence-corrected chi connectivity index (χ4v) is 2.00. The highest BCUT2D eigenvalue weighted by Gasteiger charge is 2.14. The van der Waals surface area contributed by atoms with E-state index in [0.717, 1.165) is 0 Å². The monoisotopic (exact) mass is 291 g/mol. The maximum absolute atomic E-state index is 11.7. The molecule has 15 heavy (non-hydrogen) atoms. The Bertz CT molecular complexity index is 382. The van der Waals surface area contributed by atoms with Crippen LogP contribution in [0.1, 0.15) is 16.8 Å². The fourth-order valence-electron chi connectivity index (χ4n) is 1.18. The number of halogens is 2. The lowest BCUT2D eigenvalue weighted by atomic mass is 10.1. The molecule has 2 N–H and O–H groups in total. The normalized spacial score (nSPS) is 10.1. The van der Waals surface area contributed by atoms with E-state index in [-0.39, 0.29) is 5.78 Å². The zero-order valence-electron chi connectivity index (χ0n) is 8.22. The molecule has 5 heteroatoms. The first-order valence-electron chi connectivity index (χ1n) is 4.36. The number of methoxy groups -OCH3 is 1. The Hall–Kier alpha value is -0.580. The van der Waals surface area contributed by atoms with Gasteiger partial charge in [-0.2, -0.15) is 0 Å². The summed E-state index contributed by atoms with van der Waals surface area (Å²) in [7, 11) is 1.52. The average Bonchev–Trinajstić information content (AvgIpc) is 2.21. The lowest BCUT2D eigenvalue weighted by molar-refractivity contribution is 0.0984. The SMILES string of the molecule is COc1cc(Cl)cc(C(=O)CCN)c1Br. The number of rotatable bonds is 4. The summed E-state index contributed by atoms with van der Waals surface area (Å²) in [4.78, 5) is 11.7. The standard InChI is InChI=1S/C10H11BrClNO2/c1-15-9-5-6(12)4-7(10(9)11)8(14)2-3-13/h4-5H,2-3,13H2,1H3. The van der Waals surface area contributed by atoms with Crippen LogP contribution in [0.2, 0.25) is 5.02 Å². The summed E-state index contributed by atoms with van der Waals surface area (Å²) in [5, 5.41) is 0.468. The molecule has 1 aromatic carbocycles. The van der Waals surface area contributed by atoms with Crippen molar-refractivity contribution in [3.63, 3.8) is 0 Å². The van der Waals surface area contributed by atoms with Crippen LogP contribution in [-0.2, 0) is 0 Å². The molecule has 0 aliphatic heterocycles. The van der Waals surface area contributed by atoms with E-state index in [1.54, 1.807) is 12.1 Å². The van der Waals surface area contributed by atoms with Gasteiger partial charge in [-0.25, -0.2) is 0 Å². The third-order valence-corrected chi connectivity index (χ3v) is 2.93. The van der Waals surface area contributed by atoms with Crippen molar-refractivity contribution >= 4 is 33.3 Å². The van der Waals surface area contributed by atoms with Crippen LogP contribution in [-0.4, -0.2) is 19.4 Å². The van der Waals surface area contributed by atoms with E-state index >= 15 is 0 Å². The number of ether oxygens (including phenoxy) is 1. The zero-order valence-corrected chi connectivity index (χ0v) is 10.6. The van der Waals surface area contributed by atoms with Gasteiger partial charge in [-0.3, -0.25) is 4.79 Å². The van der Waals surface area contributed by atoms with E-state index in [1.165, 1.54) is 7.11 Å². The van der Waals surface area contributed by atoms with Crippen molar-refractivity contribution in [3.05, 3.63) is 27.2 Å². The maximum Gasteiger partial charge on any atom is 0.165 e. The highest BCUT2D eigenvalue weighted by molar-refractivity contribution is 9.10. The molecule has 0 amide bonds. The Morgan fingerprint density at radius 2 is 2.27 bits per heavy atom. The van der Waals surface area contributed by atoms with Gasteiger partial charge in [0.25, 0.3) is 0 Å². The third-order valence-electron chi connectivity index (χ3n) is 1.90. The third kappa shape index (κ3) is 2.93. The van der Waals surface area contributed by atoms with Crippen molar-refractivity contribution in [1.29, 1.82) is 0 Å². The zero-order chi connectivity index (χ0) is 11.4. The number of ketones is 1. The highest BCUT2D eigenvalue weighted by Crippen LogP contribution is 2.32. The summed E-state index contributed by atoms with van der Waals surface area (Å²) in [5.41, 5.74) is 5.83. The predicted molar refractivity (Wildman–Crippen MR) is 63.7 cm³/mol. The molecular weight excluding hydrogens is 281 g/mol. The second kappa shape index (κ2) is 5.49. The van der Waals surface area contributed by atoms with Gasteiger partial charge in [-0.15, -0.1) is 0 Å². The summed E-state index contributed by atoms with van der Waals surface area (Å²) in [6.07, 6.45) is 0.294. The summed E-state index contributed by atoms with van der Waals surface area (Å²) >= 11 is 9.16. The molecule has 0 fully saturated rings. The molecule has 0 spiro atoms. The minimum atomic E-state index is -0.0508. The van der Waals surface area contributed by atoms with Crippen molar-refractivity contribution < 1.29 is 9.53 Å². The van der Waals surface area contributed by atoms with Crippen LogP contribution in [0, 0.1) is 0 Å². The first-order chi connectivity index (χ1) is 7.10. The fraction of sp³-hybridized carbons (Fsp3) is 0.300. The van der Waals surface area contributed by atoms with Crippen LogP contribution in [0.3, 0.4) is 0 Å². The highest BCUT2D eigenvalue weighted by atomic mass is 79.9. The average molecular weight is 293 g/mol. The molecule has 0 atom stereocenters. The van der Waals surface area contributed by atoms with Crippen LogP contribution in [0.5, 0.6) is 5.75 Å². The van der Waals surface area contributed by atoms with E-state index in [4.69, 9.17) is 22.1 Å². The summed E-state index contributed by atoms with van der Waals surface area (Å²) in [6, 6.07) is 3.25. The van der Waals surface area contributed by atoms with Gasteiger partial charge in [-0.1, -0.05) is 11.6 Å². The molecule has 0 unspecified atom stereocenters. The Labute approximate surface area is 102 Å². The molecule has 0 saturated carbocycles. The molecule has 0 aliphatic rings. The number of carbonyl (C=O) groups is 1. The summed E-state index contributed by atoms with van der Waals surface area (Å²) in [6.45, 7) is 0.320. The number of benzene rings is 1. The largest absolute Gasteiger partial charge is 0.495 e. The van der Waals surface area contributed by atoms with Crippen molar-refractivity contribution in [2.45, 2.75) is 6.42 Å². The summed E-state index contributed by atoms with van der Waals surface area (Å²) < 4.78 is 5.70. The minimum absolute atomic E-state index is 0.0508. The molecule has 0 radical (unpaired) electrons. The Kier molecular flexibility index (Phi) is 4.57. The van der Waals surface area contributed by atoms with Gasteiger partial charge in [0.2, 0.25) is 0 Å². The number of Topliss-reactive ketones (excluding diaryl/α,β-unsaturated/α-hetero) is 1. The van der Waals surface area contributed by atoms with E-state index < -0.39 is 0 Å². The Balaban J connectivity index is 3.17. The van der Waals surface area contributed by atoms with Gasteiger partial charge in [0, 0.05) is 17.0 Å². The molecule has 1 aromatic rings. The van der Waals surface area contributed by atoms with Gasteiger partial charge < -0.3 is 10.5 Å². The van der Waals surface area contributed by atoms with E-state index in [1.807, 2.05) is 0 Å². The number of carbonyl (C=O) groups excluding carboxylic acids is 1. The molecular formula is C10H11BrClNO2. The number of hydrogen-bond donors (Lipinski definition) is 1. The lowest BCUT2D eigenvalue weighted by Crippen LogP contribution is -2.09. The first-order valence-corrected chi connectivity index (χ1v) is 5.53. The molecule has 0 bridgehead atoms. The molecule has 0 heterocycles. The van der Waals surface area contributed by atoms with Crippen molar-refractivity contribution in [1.82, 2.24) is 0 Å². The molecule has 0 aromatic heterocycles. The number of nitrogens with two attached hydrogens (primary N) is 1. The second-order valence-electron chi connectivity index (χ2n) is 2.93. The van der Waals surface area contributed by atoms with Gasteiger partial charge in [0.05, 0.1) is 11.6 Å². The second-order valence-corrected chi connectivity index (χ2v) is 4.16. The van der Waals surface area contributed by atoms with Gasteiger partial charge in [0.1, 0.15) is 5.75 Å². The maximum atomic E-state index is 11.7. The Morgan fingerprint density at radius 3 is 2.80 bits per heavy atom. The van der Waals surface area contributed by atoms with Crippen molar-refractivity contribution in [3.8, 4) is 5.75 Å². The Morgan fingerprint density at radius 1 is 1.60 bits per heavy atom. The molecule has 0 saturated heterocycles. The molecule has 1 rings (SSSR count). The predicted octanol–water partition coefficient (Wildman–Crippen LogP) is 2.64. The van der Waals surface area contributed by atoms with Crippen LogP contribution in [0.25, 0.3) is 0 Å². The van der Waals surface area contributed by atoms with E-state index in [9.17, 15) is 4.79 Å². The smallest absolute Gasteiger partial charge is 0.165 e. The summed E-state index contributed by atoms with van der Waals surface area (Å²) in [5.74, 6) is 0.494. The molecule has 82 valence electrons. The van der Waals surface area contributed by atoms with Crippen molar-refractivity contribution in [2.24, 2.45) is 5.73 Å². The van der Waals surface area contributed by atoms with E-state index in [2.05, 4.69) is 15.9 Å². The van der Waals surface area contributed by atoms with Crippen LogP contribution in [0.4, 0.5) is 0 Å². The van der Waals surface area contributed by atoms with Crippen molar-refractivity contribution in [2.75, 3.05) is 13.7 Å². The van der Waals surface area contributed by atoms with Crippen LogP contribution < -0.4 is 10.5 Å². The minimum Gasteiger partial charge on any atom is -0.495 e. The molecule has 3 nitrogen and oxygen atoms in total. The van der Waals surface area contributed by atoms with Gasteiger partial charge >= 0.3 is 0 Å². The molecule has 0 aliphatic carbocycles. The lowest BCUT2D eigenvalue weighted by Gasteiger charge is -2.08.